The summed E-state index contributed by atoms with van der Waals surface area (Å²) in [6, 6.07) is 3.12. The normalized spacial score (nSPS) is 16.2. The number of pyridine rings is 1. The number of aromatic nitrogens is 2. The Balaban J connectivity index is 1.63. The summed E-state index contributed by atoms with van der Waals surface area (Å²) in [5.74, 6) is 0.594. The molecule has 25 heavy (non-hydrogen) atoms. The molecule has 0 radical (unpaired) electrons. The fourth-order valence-corrected chi connectivity index (χ4v) is 4.23. The highest BCUT2D eigenvalue weighted by atomic mass is 32.2. The Bertz CT molecular complexity index is 836. The van der Waals surface area contributed by atoms with E-state index in [-0.39, 0.29) is 30.3 Å². The molecule has 1 amide bonds. The Morgan fingerprint density at radius 1 is 1.24 bits per heavy atom. The molecular weight excluding hydrogens is 344 g/mol. The predicted molar refractivity (Wildman–Crippen MR) is 89.3 cm³/mol. The van der Waals surface area contributed by atoms with E-state index >= 15 is 0 Å². The molecule has 0 aromatic carbocycles. The molecule has 3 heterocycles. The monoisotopic (exact) mass is 364 g/mol. The number of piperazine rings is 1. The van der Waals surface area contributed by atoms with E-state index in [0.29, 0.717) is 24.5 Å². The number of hydrogen-bond acceptors (Lipinski definition) is 6. The average molecular weight is 364 g/mol. The molecule has 1 fully saturated rings. The molecule has 3 rings (SSSR count). The summed E-state index contributed by atoms with van der Waals surface area (Å²) in [6.07, 6.45) is 3.09. The first-order valence-electron chi connectivity index (χ1n) is 7.99. The van der Waals surface area contributed by atoms with Crippen LogP contribution in [0.1, 0.15) is 17.0 Å². The summed E-state index contributed by atoms with van der Waals surface area (Å²) < 4.78 is 31.6. The van der Waals surface area contributed by atoms with Gasteiger partial charge in [-0.05, 0) is 26.0 Å². The quantitative estimate of drug-likeness (QED) is 0.795. The van der Waals surface area contributed by atoms with E-state index in [9.17, 15) is 13.2 Å². The second-order valence-electron chi connectivity index (χ2n) is 5.95. The third kappa shape index (κ3) is 3.57. The zero-order valence-corrected chi connectivity index (χ0v) is 15.0. The van der Waals surface area contributed by atoms with Crippen LogP contribution in [0, 0.1) is 13.8 Å². The molecule has 1 aliphatic rings. The third-order valence-electron chi connectivity index (χ3n) is 4.37. The van der Waals surface area contributed by atoms with E-state index in [4.69, 9.17) is 4.52 Å². The van der Waals surface area contributed by atoms with Crippen LogP contribution in [0.4, 0.5) is 0 Å². The van der Waals surface area contributed by atoms with Crippen LogP contribution in [-0.2, 0) is 21.2 Å². The maximum absolute atomic E-state index is 12.6. The van der Waals surface area contributed by atoms with Gasteiger partial charge >= 0.3 is 0 Å². The van der Waals surface area contributed by atoms with Gasteiger partial charge in [-0.25, -0.2) is 8.42 Å². The van der Waals surface area contributed by atoms with Crippen molar-refractivity contribution in [2.75, 3.05) is 26.2 Å². The van der Waals surface area contributed by atoms with Crippen LogP contribution in [-0.4, -0.2) is 59.8 Å². The second-order valence-corrected chi connectivity index (χ2v) is 7.89. The average Bonchev–Trinajstić information content (AvgIpc) is 2.94. The molecule has 9 heteroatoms. The summed E-state index contributed by atoms with van der Waals surface area (Å²) in [5, 5.41) is 3.85. The van der Waals surface area contributed by atoms with Gasteiger partial charge < -0.3 is 9.42 Å². The molecule has 8 nitrogen and oxygen atoms in total. The van der Waals surface area contributed by atoms with Gasteiger partial charge in [0.25, 0.3) is 0 Å². The second kappa shape index (κ2) is 6.93. The Morgan fingerprint density at radius 3 is 2.52 bits per heavy atom. The smallest absolute Gasteiger partial charge is 0.244 e. The van der Waals surface area contributed by atoms with Crippen molar-refractivity contribution in [1.29, 1.82) is 0 Å². The van der Waals surface area contributed by atoms with Crippen LogP contribution >= 0.6 is 0 Å². The number of hydrogen-bond donors (Lipinski definition) is 0. The lowest BCUT2D eigenvalue weighted by Gasteiger charge is -2.34. The number of nitrogens with zero attached hydrogens (tertiary/aromatic N) is 4. The standard InChI is InChI=1S/C16H20N4O4S/c1-12-15(13(2)24-18-12)10-16(21)19-6-8-20(9-7-19)25(22,23)14-4-3-5-17-11-14/h3-5,11H,6-10H2,1-2H3. The molecule has 0 atom stereocenters. The Labute approximate surface area is 146 Å². The van der Waals surface area contributed by atoms with Crippen molar-refractivity contribution in [3.63, 3.8) is 0 Å². The van der Waals surface area contributed by atoms with Crippen molar-refractivity contribution in [2.45, 2.75) is 25.2 Å². The van der Waals surface area contributed by atoms with E-state index in [1.165, 1.54) is 22.8 Å². The molecule has 0 unspecified atom stereocenters. The van der Waals surface area contributed by atoms with Crippen molar-refractivity contribution in [1.82, 2.24) is 19.3 Å². The molecule has 0 saturated carbocycles. The predicted octanol–water partition coefficient (Wildman–Crippen LogP) is 0.762. The topological polar surface area (TPSA) is 96.6 Å². The number of amides is 1. The van der Waals surface area contributed by atoms with Crippen LogP contribution in [0.2, 0.25) is 0 Å². The van der Waals surface area contributed by atoms with E-state index < -0.39 is 10.0 Å². The lowest BCUT2D eigenvalue weighted by Crippen LogP contribution is -2.50. The summed E-state index contributed by atoms with van der Waals surface area (Å²) in [7, 11) is -3.57. The van der Waals surface area contributed by atoms with Crippen molar-refractivity contribution >= 4 is 15.9 Å². The van der Waals surface area contributed by atoms with Crippen LogP contribution in [0.3, 0.4) is 0 Å². The first-order valence-corrected chi connectivity index (χ1v) is 9.43. The molecule has 2 aromatic rings. The van der Waals surface area contributed by atoms with Gasteiger partial charge in [-0.1, -0.05) is 5.16 Å². The van der Waals surface area contributed by atoms with E-state index in [1.807, 2.05) is 0 Å². The Morgan fingerprint density at radius 2 is 1.96 bits per heavy atom. The minimum atomic E-state index is -3.57. The summed E-state index contributed by atoms with van der Waals surface area (Å²) in [5.41, 5.74) is 1.51. The van der Waals surface area contributed by atoms with Gasteiger partial charge in [0, 0.05) is 44.1 Å². The van der Waals surface area contributed by atoms with Crippen LogP contribution in [0.5, 0.6) is 0 Å². The zero-order chi connectivity index (χ0) is 18.0. The van der Waals surface area contributed by atoms with E-state index in [2.05, 4.69) is 10.1 Å². The lowest BCUT2D eigenvalue weighted by atomic mass is 10.1. The molecule has 0 N–H and O–H groups in total. The van der Waals surface area contributed by atoms with Gasteiger partial charge in [-0.2, -0.15) is 4.31 Å². The molecule has 2 aromatic heterocycles. The molecule has 0 spiro atoms. The van der Waals surface area contributed by atoms with Gasteiger partial charge in [0.2, 0.25) is 15.9 Å². The van der Waals surface area contributed by atoms with Crippen molar-refractivity contribution in [3.05, 3.63) is 41.5 Å². The van der Waals surface area contributed by atoms with Crippen LogP contribution < -0.4 is 0 Å². The Kier molecular flexibility index (Phi) is 4.87. The fourth-order valence-electron chi connectivity index (χ4n) is 2.84. The molecule has 1 aliphatic heterocycles. The molecular formula is C16H20N4O4S. The first-order chi connectivity index (χ1) is 11.9. The molecule has 134 valence electrons. The largest absolute Gasteiger partial charge is 0.361 e. The minimum Gasteiger partial charge on any atom is -0.361 e. The number of aryl methyl sites for hydroxylation is 2. The maximum atomic E-state index is 12.6. The molecule has 1 saturated heterocycles. The van der Waals surface area contributed by atoms with Crippen LogP contribution in [0.15, 0.2) is 33.9 Å². The van der Waals surface area contributed by atoms with Crippen molar-refractivity contribution < 1.29 is 17.7 Å². The fraction of sp³-hybridized carbons (Fsp3) is 0.438. The van der Waals surface area contributed by atoms with Crippen molar-refractivity contribution in [3.8, 4) is 0 Å². The SMILES string of the molecule is Cc1noc(C)c1CC(=O)N1CCN(S(=O)(=O)c2cccnc2)CC1. The molecule has 0 aliphatic carbocycles. The van der Waals surface area contributed by atoms with Gasteiger partial charge in [-0.15, -0.1) is 0 Å². The number of sulfonamides is 1. The number of carbonyl (C=O) groups excluding carboxylic acids is 1. The van der Waals surface area contributed by atoms with Gasteiger partial charge in [-0.3, -0.25) is 9.78 Å². The highest BCUT2D eigenvalue weighted by molar-refractivity contribution is 7.89. The minimum absolute atomic E-state index is 0.0483. The number of carbonyl (C=O) groups is 1. The van der Waals surface area contributed by atoms with Crippen molar-refractivity contribution in [2.24, 2.45) is 0 Å². The number of rotatable bonds is 4. The van der Waals surface area contributed by atoms with Crippen LogP contribution in [0.25, 0.3) is 0 Å². The summed E-state index contributed by atoms with van der Waals surface area (Å²) in [4.78, 5) is 18.2. The first kappa shape index (κ1) is 17.6. The molecule has 0 bridgehead atoms. The highest BCUT2D eigenvalue weighted by Crippen LogP contribution is 2.18. The van der Waals surface area contributed by atoms with Gasteiger partial charge in [0.05, 0.1) is 12.1 Å². The Hall–Kier alpha value is -2.26. The lowest BCUT2D eigenvalue weighted by molar-refractivity contribution is -0.131. The van der Waals surface area contributed by atoms with E-state index in [1.54, 1.807) is 24.8 Å². The van der Waals surface area contributed by atoms with Gasteiger partial charge in [0.1, 0.15) is 10.7 Å². The zero-order valence-electron chi connectivity index (χ0n) is 14.2. The maximum Gasteiger partial charge on any atom is 0.244 e. The third-order valence-corrected chi connectivity index (χ3v) is 6.25. The van der Waals surface area contributed by atoms with E-state index in [0.717, 1.165) is 5.56 Å². The van der Waals surface area contributed by atoms with Gasteiger partial charge in [0.15, 0.2) is 0 Å². The summed E-state index contributed by atoms with van der Waals surface area (Å²) >= 11 is 0. The summed E-state index contributed by atoms with van der Waals surface area (Å²) in [6.45, 7) is 4.84. The highest BCUT2D eigenvalue weighted by Gasteiger charge is 2.30.